The van der Waals surface area contributed by atoms with Gasteiger partial charge in [-0.15, -0.1) is 0 Å². The summed E-state index contributed by atoms with van der Waals surface area (Å²) >= 11 is 0. The van der Waals surface area contributed by atoms with E-state index in [9.17, 15) is 43.2 Å². The summed E-state index contributed by atoms with van der Waals surface area (Å²) < 4.78 is 68.4. The van der Waals surface area contributed by atoms with Gasteiger partial charge < -0.3 is 33.8 Å². The van der Waals surface area contributed by atoms with Crippen molar-refractivity contribution in [1.82, 2.24) is 0 Å². The van der Waals surface area contributed by atoms with E-state index in [0.29, 0.717) is 25.7 Å². The van der Waals surface area contributed by atoms with Gasteiger partial charge in [-0.2, -0.15) is 0 Å². The molecule has 0 amide bonds. The minimum Gasteiger partial charge on any atom is -0.462 e. The quantitative estimate of drug-likeness (QED) is 0.0169. The van der Waals surface area contributed by atoms with Gasteiger partial charge in [-0.25, -0.2) is 9.13 Å². The molecule has 104 heavy (non-hydrogen) atoms. The Bertz CT molecular complexity index is 2640. The first-order valence-corrected chi connectivity index (χ1v) is 42.4. The Morgan fingerprint density at radius 3 is 0.894 bits per heavy atom. The number of phosphoric ester groups is 2. The van der Waals surface area contributed by atoms with Crippen LogP contribution in [-0.2, 0) is 65.4 Å². The van der Waals surface area contributed by atoms with Crippen LogP contribution in [0.4, 0.5) is 0 Å². The molecule has 0 spiro atoms. The number of carbonyl (C=O) groups is 4. The summed E-state index contributed by atoms with van der Waals surface area (Å²) in [5.74, 6) is -2.39. The van der Waals surface area contributed by atoms with Gasteiger partial charge in [-0.3, -0.25) is 37.3 Å². The highest BCUT2D eigenvalue weighted by Gasteiger charge is 2.30. The van der Waals surface area contributed by atoms with Crippen LogP contribution in [0.1, 0.15) is 285 Å². The van der Waals surface area contributed by atoms with Crippen LogP contribution in [0, 0.1) is 0 Å². The Balaban J connectivity index is 5.46. The second-order valence-electron chi connectivity index (χ2n) is 25.5. The molecule has 0 aromatic rings. The Kier molecular flexibility index (Phi) is 71.6. The first-order valence-electron chi connectivity index (χ1n) is 39.4. The highest BCUT2D eigenvalue weighted by Crippen LogP contribution is 2.45. The van der Waals surface area contributed by atoms with Crippen molar-refractivity contribution in [2.45, 2.75) is 303 Å². The van der Waals surface area contributed by atoms with Crippen LogP contribution in [0.3, 0.4) is 0 Å². The summed E-state index contributed by atoms with van der Waals surface area (Å²) in [7, 11) is -10.0. The van der Waals surface area contributed by atoms with Gasteiger partial charge in [-0.1, -0.05) is 275 Å². The first-order chi connectivity index (χ1) is 50.7. The van der Waals surface area contributed by atoms with Gasteiger partial charge in [0.15, 0.2) is 12.2 Å². The number of aliphatic hydroxyl groups is 1. The highest BCUT2D eigenvalue weighted by atomic mass is 31.2. The average Bonchev–Trinajstić information content (AvgIpc) is 0.925. The number of hydrogen-bond acceptors (Lipinski definition) is 15. The molecule has 3 N–H and O–H groups in total. The van der Waals surface area contributed by atoms with Crippen LogP contribution in [0.25, 0.3) is 0 Å². The minimum atomic E-state index is -5.02. The standard InChI is InChI=1S/C85H138O17P2/c1-5-9-13-17-21-25-29-33-36-38-39-41-44-47-50-54-58-62-66-70-83(88)95-75-80(101-84(89)71-67-63-59-55-51-45-32-28-24-20-16-12-8-4)77-99-103(91,92)97-73-79(86)74-98-104(93,94)100-78-81(102-85(90)72-68-64-60-56-52-48-42-35-31-27-23-19-15-11-7-3)76-96-82(87)69-65-61-57-53-49-46-43-40-37-34-30-26-22-18-14-10-6-2/h10-11,14-16,20-23,25-28,32-37,39,41-43,46,52,56,64,68,79-81,86H,5-9,12-13,17-19,24,29-31,38,40,44-45,47-51,53-55,57-63,65-67,69-78H2,1-4H3,(H,91,92)(H,93,94)/b14-10-,15-11-,20-16-,25-21-,26-22-,27-23-,32-28-,36-33-,37-34-,41-39-,42-35-,46-43-,56-52-,68-64-. The molecule has 590 valence electrons. The highest BCUT2D eigenvalue weighted by molar-refractivity contribution is 7.47. The van der Waals surface area contributed by atoms with Crippen LogP contribution in [0.2, 0.25) is 0 Å². The number of aliphatic hydroxyl groups excluding tert-OH is 1. The van der Waals surface area contributed by atoms with Crippen LogP contribution >= 0.6 is 15.6 Å². The molecule has 0 heterocycles. The van der Waals surface area contributed by atoms with E-state index in [2.05, 4.69) is 174 Å². The van der Waals surface area contributed by atoms with Gasteiger partial charge in [0.25, 0.3) is 0 Å². The number of ether oxygens (including phenoxy) is 4. The fraction of sp³-hybridized carbons (Fsp3) is 0.624. The third-order valence-corrected chi connectivity index (χ3v) is 17.6. The summed E-state index contributed by atoms with van der Waals surface area (Å²) in [6, 6.07) is 0. The lowest BCUT2D eigenvalue weighted by atomic mass is 10.1. The van der Waals surface area contributed by atoms with Crippen molar-refractivity contribution >= 4 is 39.5 Å². The molecule has 19 heteroatoms. The molecule has 0 aliphatic heterocycles. The molecule has 0 aromatic heterocycles. The molecule has 0 aromatic carbocycles. The third-order valence-electron chi connectivity index (χ3n) is 15.7. The largest absolute Gasteiger partial charge is 0.472 e. The van der Waals surface area contributed by atoms with E-state index in [1.165, 1.54) is 19.3 Å². The molecular formula is C85H138O17P2. The average molecular weight is 1490 g/mol. The molecule has 5 atom stereocenters. The van der Waals surface area contributed by atoms with E-state index in [0.717, 1.165) is 186 Å². The predicted molar refractivity (Wildman–Crippen MR) is 426 cm³/mol. The van der Waals surface area contributed by atoms with Crippen molar-refractivity contribution in [1.29, 1.82) is 0 Å². The van der Waals surface area contributed by atoms with E-state index < -0.39 is 97.5 Å². The molecule has 0 radical (unpaired) electrons. The fourth-order valence-electron chi connectivity index (χ4n) is 9.74. The molecule has 5 unspecified atom stereocenters. The lowest BCUT2D eigenvalue weighted by Crippen LogP contribution is -2.30. The van der Waals surface area contributed by atoms with Crippen molar-refractivity contribution in [3.05, 3.63) is 170 Å². The molecule has 0 saturated heterocycles. The number of esters is 4. The van der Waals surface area contributed by atoms with E-state index >= 15 is 0 Å². The monoisotopic (exact) mass is 1490 g/mol. The maximum absolute atomic E-state index is 13.1. The zero-order chi connectivity index (χ0) is 76.0. The third kappa shape index (κ3) is 74.7. The number of phosphoric acid groups is 2. The number of carbonyl (C=O) groups excluding carboxylic acids is 4. The van der Waals surface area contributed by atoms with Gasteiger partial charge >= 0.3 is 39.5 Å². The van der Waals surface area contributed by atoms with Crippen LogP contribution in [0.5, 0.6) is 0 Å². The summed E-state index contributed by atoms with van der Waals surface area (Å²) in [5.41, 5.74) is 0. The summed E-state index contributed by atoms with van der Waals surface area (Å²) in [6.07, 6.45) is 89.4. The topological polar surface area (TPSA) is 237 Å². The Morgan fingerprint density at radius 1 is 0.288 bits per heavy atom. The zero-order valence-electron chi connectivity index (χ0n) is 64.4. The minimum absolute atomic E-state index is 0.0672. The van der Waals surface area contributed by atoms with E-state index in [-0.39, 0.29) is 25.7 Å². The predicted octanol–water partition coefficient (Wildman–Crippen LogP) is 23.0. The maximum Gasteiger partial charge on any atom is 0.472 e. The van der Waals surface area contributed by atoms with E-state index in [1.54, 1.807) is 12.2 Å². The second kappa shape index (κ2) is 75.6. The smallest absolute Gasteiger partial charge is 0.462 e. The van der Waals surface area contributed by atoms with E-state index in [4.69, 9.17) is 37.0 Å². The molecule has 0 rings (SSSR count). The van der Waals surface area contributed by atoms with Gasteiger partial charge in [0, 0.05) is 19.3 Å². The van der Waals surface area contributed by atoms with Crippen LogP contribution < -0.4 is 0 Å². The van der Waals surface area contributed by atoms with Crippen LogP contribution in [0.15, 0.2) is 170 Å². The first kappa shape index (κ1) is 98.4. The normalized spacial score (nSPS) is 14.8. The van der Waals surface area contributed by atoms with Crippen molar-refractivity contribution in [2.24, 2.45) is 0 Å². The van der Waals surface area contributed by atoms with Gasteiger partial charge in [0.1, 0.15) is 19.3 Å². The van der Waals surface area contributed by atoms with Crippen molar-refractivity contribution in [3.63, 3.8) is 0 Å². The molecule has 0 bridgehead atoms. The molecule has 0 fully saturated rings. The van der Waals surface area contributed by atoms with Gasteiger partial charge in [-0.05, 0) is 154 Å². The summed E-state index contributed by atoms with van der Waals surface area (Å²) in [5, 5.41) is 10.6. The molecular weight excluding hydrogens is 1350 g/mol. The molecule has 0 aliphatic rings. The number of hydrogen-bond donors (Lipinski definition) is 3. The summed E-state index contributed by atoms with van der Waals surface area (Å²) in [6.45, 7) is 4.36. The lowest BCUT2D eigenvalue weighted by Gasteiger charge is -2.21. The SMILES string of the molecule is CC/C=C\C/C=C\C/C=C\C/C=C\C/C=C\CC(=O)OC(COC(=O)CCCCCC/C=C\C/C=C\C/C=C\C/C=C\CC)COP(=O)(O)OCC(O)COP(=O)(O)OCC(COC(=O)CCCCCCCC/C=C\C/C=C\C/C=C\CCCCC)OC(=O)CCCCCCC/C=C\C/C=C\CCC. The number of unbranched alkanes of at least 4 members (excludes halogenated alkanes) is 19. The number of allylic oxidation sites excluding steroid dienone is 27. The lowest BCUT2D eigenvalue weighted by molar-refractivity contribution is -0.161. The summed E-state index contributed by atoms with van der Waals surface area (Å²) in [4.78, 5) is 72.9. The second-order valence-corrected chi connectivity index (χ2v) is 28.5. The zero-order valence-corrected chi connectivity index (χ0v) is 66.2. The Morgan fingerprint density at radius 2 is 0.558 bits per heavy atom. The van der Waals surface area contributed by atoms with Crippen molar-refractivity contribution < 1.29 is 80.2 Å². The van der Waals surface area contributed by atoms with Crippen molar-refractivity contribution in [3.8, 4) is 0 Å². The van der Waals surface area contributed by atoms with Crippen LogP contribution in [-0.4, -0.2) is 96.7 Å². The fourth-order valence-corrected chi connectivity index (χ4v) is 11.3. The van der Waals surface area contributed by atoms with Gasteiger partial charge in [0.05, 0.1) is 32.8 Å². The van der Waals surface area contributed by atoms with Gasteiger partial charge in [0.2, 0.25) is 0 Å². The number of rotatable bonds is 72. The molecule has 17 nitrogen and oxygen atoms in total. The van der Waals surface area contributed by atoms with E-state index in [1.807, 2.05) is 12.2 Å². The molecule has 0 saturated carbocycles. The van der Waals surface area contributed by atoms with Crippen molar-refractivity contribution in [2.75, 3.05) is 39.6 Å². The Labute approximate surface area is 629 Å². The molecule has 0 aliphatic carbocycles. The maximum atomic E-state index is 13.1. The Hall–Kier alpha value is -5.58.